The van der Waals surface area contributed by atoms with Crippen molar-refractivity contribution in [3.8, 4) is 5.69 Å². The fourth-order valence-corrected chi connectivity index (χ4v) is 2.07. The molecular formula is C11H8BrClN2O2. The van der Waals surface area contributed by atoms with Crippen LogP contribution in [0.15, 0.2) is 38.3 Å². The number of aromatic nitrogens is 2. The summed E-state index contributed by atoms with van der Waals surface area (Å²) in [5.74, 6) is 0. The lowest BCUT2D eigenvalue weighted by molar-refractivity contribution is 0.857. The molecule has 0 unspecified atom stereocenters. The van der Waals surface area contributed by atoms with Gasteiger partial charge in [-0.25, -0.2) is 9.36 Å². The van der Waals surface area contributed by atoms with E-state index in [1.165, 1.54) is 0 Å². The SMILES string of the molecule is Cc1c(Cl)[nH]c(=O)n(-c2ccccc2Br)c1=O. The van der Waals surface area contributed by atoms with E-state index in [0.717, 1.165) is 4.57 Å². The van der Waals surface area contributed by atoms with Gasteiger partial charge in [0.15, 0.2) is 0 Å². The highest BCUT2D eigenvalue weighted by molar-refractivity contribution is 9.10. The molecule has 17 heavy (non-hydrogen) atoms. The van der Waals surface area contributed by atoms with Gasteiger partial charge in [0.1, 0.15) is 5.15 Å². The van der Waals surface area contributed by atoms with Crippen molar-refractivity contribution in [1.82, 2.24) is 9.55 Å². The average molecular weight is 316 g/mol. The van der Waals surface area contributed by atoms with Gasteiger partial charge in [0.2, 0.25) is 0 Å². The molecule has 4 nitrogen and oxygen atoms in total. The van der Waals surface area contributed by atoms with Crippen LogP contribution >= 0.6 is 27.5 Å². The number of nitrogens with one attached hydrogen (secondary N) is 1. The Kier molecular flexibility index (Phi) is 3.22. The minimum atomic E-state index is -0.558. The zero-order valence-electron chi connectivity index (χ0n) is 8.83. The first kappa shape index (κ1) is 12.1. The maximum absolute atomic E-state index is 12.0. The third kappa shape index (κ3) is 2.08. The van der Waals surface area contributed by atoms with Crippen molar-refractivity contribution in [2.24, 2.45) is 0 Å². The molecule has 1 aromatic heterocycles. The van der Waals surface area contributed by atoms with Gasteiger partial charge >= 0.3 is 5.69 Å². The Morgan fingerprint density at radius 3 is 2.59 bits per heavy atom. The predicted octanol–water partition coefficient (Wildman–Crippen LogP) is 2.25. The van der Waals surface area contributed by atoms with Gasteiger partial charge in [-0.05, 0) is 35.0 Å². The van der Waals surface area contributed by atoms with Crippen LogP contribution in [0.4, 0.5) is 0 Å². The van der Waals surface area contributed by atoms with Gasteiger partial charge in [-0.3, -0.25) is 9.78 Å². The van der Waals surface area contributed by atoms with E-state index >= 15 is 0 Å². The van der Waals surface area contributed by atoms with Crippen LogP contribution in [0.25, 0.3) is 5.69 Å². The lowest BCUT2D eigenvalue weighted by Crippen LogP contribution is -2.35. The molecule has 0 aliphatic carbocycles. The van der Waals surface area contributed by atoms with Crippen LogP contribution in [-0.2, 0) is 0 Å². The third-order valence-electron chi connectivity index (χ3n) is 2.37. The maximum atomic E-state index is 12.0. The van der Waals surface area contributed by atoms with Crippen molar-refractivity contribution in [3.05, 3.63) is 60.3 Å². The smallest absolute Gasteiger partial charge is 0.297 e. The molecule has 0 spiro atoms. The molecule has 2 aromatic rings. The lowest BCUT2D eigenvalue weighted by Gasteiger charge is -2.08. The van der Waals surface area contributed by atoms with E-state index < -0.39 is 11.2 Å². The van der Waals surface area contributed by atoms with Crippen LogP contribution in [-0.4, -0.2) is 9.55 Å². The van der Waals surface area contributed by atoms with Crippen molar-refractivity contribution < 1.29 is 0 Å². The average Bonchev–Trinajstić information content (AvgIpc) is 2.29. The molecule has 0 aliphatic rings. The highest BCUT2D eigenvalue weighted by Gasteiger charge is 2.12. The molecule has 0 saturated carbocycles. The van der Waals surface area contributed by atoms with Crippen LogP contribution < -0.4 is 11.2 Å². The summed E-state index contributed by atoms with van der Waals surface area (Å²) < 4.78 is 1.71. The Hall–Kier alpha value is -1.33. The van der Waals surface area contributed by atoms with Crippen molar-refractivity contribution in [2.45, 2.75) is 6.92 Å². The molecule has 0 atom stereocenters. The molecule has 0 amide bonds. The molecule has 1 aromatic carbocycles. The number of rotatable bonds is 1. The fraction of sp³-hybridized carbons (Fsp3) is 0.0909. The van der Waals surface area contributed by atoms with E-state index in [0.29, 0.717) is 15.7 Å². The number of aromatic amines is 1. The number of nitrogens with zero attached hydrogens (tertiary/aromatic N) is 1. The molecule has 88 valence electrons. The Labute approximate surface area is 110 Å². The zero-order valence-corrected chi connectivity index (χ0v) is 11.2. The molecule has 1 heterocycles. The normalized spacial score (nSPS) is 10.5. The van der Waals surface area contributed by atoms with Gasteiger partial charge in [0.25, 0.3) is 5.56 Å². The Bertz CT molecular complexity index is 691. The highest BCUT2D eigenvalue weighted by atomic mass is 79.9. The molecule has 0 saturated heterocycles. The van der Waals surface area contributed by atoms with Crippen molar-refractivity contribution >= 4 is 27.5 Å². The number of halogens is 2. The summed E-state index contributed by atoms with van der Waals surface area (Å²) in [5, 5.41) is 0.0725. The van der Waals surface area contributed by atoms with Crippen molar-refractivity contribution in [2.75, 3.05) is 0 Å². The summed E-state index contributed by atoms with van der Waals surface area (Å²) in [6.07, 6.45) is 0. The van der Waals surface area contributed by atoms with Crippen LogP contribution in [0.3, 0.4) is 0 Å². The predicted molar refractivity (Wildman–Crippen MR) is 70.1 cm³/mol. The summed E-state index contributed by atoms with van der Waals surface area (Å²) in [6.45, 7) is 1.56. The summed E-state index contributed by atoms with van der Waals surface area (Å²) in [7, 11) is 0. The molecule has 0 radical (unpaired) electrons. The minimum Gasteiger partial charge on any atom is -0.297 e. The van der Waals surface area contributed by atoms with E-state index in [9.17, 15) is 9.59 Å². The van der Waals surface area contributed by atoms with E-state index in [-0.39, 0.29) is 5.15 Å². The molecule has 0 aliphatic heterocycles. The number of hydrogen-bond acceptors (Lipinski definition) is 2. The Morgan fingerprint density at radius 2 is 1.94 bits per heavy atom. The second-order valence-electron chi connectivity index (χ2n) is 3.46. The number of para-hydroxylation sites is 1. The van der Waals surface area contributed by atoms with Crippen LogP contribution in [0.5, 0.6) is 0 Å². The van der Waals surface area contributed by atoms with Gasteiger partial charge in [-0.15, -0.1) is 0 Å². The van der Waals surface area contributed by atoms with Gasteiger partial charge in [-0.2, -0.15) is 0 Å². The molecule has 2 rings (SSSR count). The van der Waals surface area contributed by atoms with Crippen molar-refractivity contribution in [1.29, 1.82) is 0 Å². The monoisotopic (exact) mass is 314 g/mol. The van der Waals surface area contributed by atoms with Crippen LogP contribution in [0.1, 0.15) is 5.56 Å². The standard InChI is InChI=1S/C11H8BrClN2O2/c1-6-9(13)14-11(17)15(10(6)16)8-5-3-2-4-7(8)12/h2-5H,1H3,(H,14,17). The maximum Gasteiger partial charge on any atom is 0.334 e. The third-order valence-corrected chi connectivity index (χ3v) is 3.41. The topological polar surface area (TPSA) is 54.9 Å². The zero-order chi connectivity index (χ0) is 12.6. The first-order valence-corrected chi connectivity index (χ1v) is 5.96. The largest absolute Gasteiger partial charge is 0.334 e. The van der Waals surface area contributed by atoms with Gasteiger partial charge in [-0.1, -0.05) is 23.7 Å². The van der Waals surface area contributed by atoms with Crippen LogP contribution in [0.2, 0.25) is 5.15 Å². The van der Waals surface area contributed by atoms with Gasteiger partial charge in [0, 0.05) is 4.47 Å². The molecule has 0 bridgehead atoms. The van der Waals surface area contributed by atoms with Crippen LogP contribution in [0, 0.1) is 6.92 Å². The quantitative estimate of drug-likeness (QED) is 0.821. The van der Waals surface area contributed by atoms with E-state index in [1.807, 2.05) is 0 Å². The first-order valence-electron chi connectivity index (χ1n) is 4.78. The summed E-state index contributed by atoms with van der Waals surface area (Å²) in [6, 6.07) is 6.98. The molecule has 6 heteroatoms. The number of H-pyrrole nitrogens is 1. The summed E-state index contributed by atoms with van der Waals surface area (Å²) in [5.41, 5.74) is -0.191. The minimum absolute atomic E-state index is 0.0725. The summed E-state index contributed by atoms with van der Waals surface area (Å²) in [4.78, 5) is 26.2. The first-order chi connectivity index (χ1) is 8.02. The second kappa shape index (κ2) is 4.50. The second-order valence-corrected chi connectivity index (χ2v) is 4.69. The highest BCUT2D eigenvalue weighted by Crippen LogP contribution is 2.18. The Morgan fingerprint density at radius 1 is 1.29 bits per heavy atom. The van der Waals surface area contributed by atoms with Gasteiger partial charge < -0.3 is 0 Å². The van der Waals surface area contributed by atoms with E-state index in [2.05, 4.69) is 20.9 Å². The fourth-order valence-electron chi connectivity index (χ4n) is 1.45. The summed E-state index contributed by atoms with van der Waals surface area (Å²) >= 11 is 9.04. The molecule has 1 N–H and O–H groups in total. The van der Waals surface area contributed by atoms with E-state index in [1.54, 1.807) is 31.2 Å². The van der Waals surface area contributed by atoms with Crippen molar-refractivity contribution in [3.63, 3.8) is 0 Å². The van der Waals surface area contributed by atoms with Gasteiger partial charge in [0.05, 0.1) is 11.3 Å². The number of benzene rings is 1. The lowest BCUT2D eigenvalue weighted by atomic mass is 10.3. The molecule has 0 fully saturated rings. The number of hydrogen-bond donors (Lipinski definition) is 1. The van der Waals surface area contributed by atoms with E-state index in [4.69, 9.17) is 11.6 Å². The molecular weight excluding hydrogens is 307 g/mol. The Balaban J connectivity index is 2.87.